The molecule has 2 heterocycles. The number of benzene rings is 4. The third-order valence-electron chi connectivity index (χ3n) is 7.62. The molecule has 0 saturated heterocycles. The summed E-state index contributed by atoms with van der Waals surface area (Å²) >= 11 is 9.49. The minimum atomic E-state index is -1.27. The predicted octanol–water partition coefficient (Wildman–Crippen LogP) is 2.66. The standard InChI is InChI=1S/2C17H11N5O2S.5C2H6OS.2Zn/c2*18-17(25)22-21-14-10-4-2-1-3-9(10)13-15(14)20-12-7-8(16(23)24)5-6-11(12)19-13;5*1-4(2)3;;/h2*1-7H,(H4,18,19,20,22,23,24,25);5*1-2H3;;/q;;;;;;;2*+2/p-4. The van der Waals surface area contributed by atoms with Gasteiger partial charge in [-0.05, 0) is 35.4 Å². The fraction of sp³-hybridized carbons (Fsp3) is 0.227. The van der Waals surface area contributed by atoms with Gasteiger partial charge in [-0.25, -0.2) is 19.9 Å². The fourth-order valence-electron chi connectivity index (χ4n) is 5.52. The van der Waals surface area contributed by atoms with Gasteiger partial charge in [-0.2, -0.15) is 0 Å². The van der Waals surface area contributed by atoms with E-state index in [1.165, 1.54) is 24.3 Å². The van der Waals surface area contributed by atoms with Crippen molar-refractivity contribution >= 4 is 134 Å². The summed E-state index contributed by atoms with van der Waals surface area (Å²) in [5, 5.41) is 30.2. The van der Waals surface area contributed by atoms with Crippen LogP contribution in [0.5, 0.6) is 0 Å². The van der Waals surface area contributed by atoms with Crippen molar-refractivity contribution in [3.8, 4) is 22.5 Å². The Labute approximate surface area is 465 Å². The van der Waals surface area contributed by atoms with Crippen molar-refractivity contribution in [2.75, 3.05) is 62.6 Å². The van der Waals surface area contributed by atoms with Gasteiger partial charge in [0, 0.05) is 149 Å². The van der Waals surface area contributed by atoms with Gasteiger partial charge in [-0.1, -0.05) is 85.1 Å². The molecule has 2 aromatic heterocycles. The van der Waals surface area contributed by atoms with Crippen molar-refractivity contribution in [1.82, 2.24) is 19.9 Å². The predicted molar refractivity (Wildman–Crippen MR) is 290 cm³/mol. The molecule has 0 spiro atoms. The SMILES string of the molecule is CS(C)=O.CS(C)=O.CS(C)=O.CS(C)=O.CS(C)=O.NC(=S)[N-]/N=C1/c2ccccc2-c2nc3ccc(C(=O)[O-])cc3nc21.NC(=S)[N-]/N=C1/c2ccccc2-c2nc3ccc(C(=O)[O-])cc3nc21.[Zn+2].[Zn+2]. The van der Waals surface area contributed by atoms with Crippen molar-refractivity contribution in [2.45, 2.75) is 0 Å². The van der Waals surface area contributed by atoms with Gasteiger partial charge in [0.1, 0.15) is 11.4 Å². The molecule has 19 nitrogen and oxygen atoms in total. The monoisotopic (exact) mass is 1210 g/mol. The number of nitrogens with two attached hydrogens (primary N) is 2. The number of aromatic carboxylic acids is 2. The van der Waals surface area contributed by atoms with Gasteiger partial charge >= 0.3 is 39.0 Å². The summed E-state index contributed by atoms with van der Waals surface area (Å²) < 4.78 is 47.8. The van der Waals surface area contributed by atoms with Crippen LogP contribution in [0.4, 0.5) is 0 Å². The van der Waals surface area contributed by atoms with Crippen LogP contribution >= 0.6 is 24.4 Å². The van der Waals surface area contributed by atoms with E-state index < -0.39 is 65.9 Å². The van der Waals surface area contributed by atoms with Gasteiger partial charge in [0.2, 0.25) is 0 Å². The molecule has 8 rings (SSSR count). The van der Waals surface area contributed by atoms with Crippen LogP contribution in [-0.4, -0.2) is 137 Å². The molecule has 0 unspecified atom stereocenters. The maximum absolute atomic E-state index is 11.1. The number of carboxylic acids is 2. The van der Waals surface area contributed by atoms with E-state index >= 15 is 0 Å². The number of thiocarbonyl (C=S) groups is 2. The Hall–Kier alpha value is -4.78. The van der Waals surface area contributed by atoms with E-state index in [1.54, 1.807) is 74.7 Å². The van der Waals surface area contributed by atoms with E-state index in [0.717, 1.165) is 22.3 Å². The van der Waals surface area contributed by atoms with Crippen LogP contribution in [0.15, 0.2) is 95.1 Å². The summed E-state index contributed by atoms with van der Waals surface area (Å²) in [4.78, 5) is 40.5. The number of aromatic nitrogens is 4. The summed E-state index contributed by atoms with van der Waals surface area (Å²) in [7, 11) is -3.06. The van der Waals surface area contributed by atoms with E-state index in [1.807, 2.05) is 48.5 Å². The number of fused-ring (bicyclic) bond motifs is 8. The zero-order valence-corrected chi connectivity index (χ0v) is 52.4. The van der Waals surface area contributed by atoms with Crippen LogP contribution in [0, 0.1) is 0 Å². The van der Waals surface area contributed by atoms with E-state index in [2.05, 4.69) is 41.0 Å². The summed E-state index contributed by atoms with van der Waals surface area (Å²) in [6, 6.07) is 24.0. The van der Waals surface area contributed by atoms with Crippen LogP contribution in [0.2, 0.25) is 0 Å². The first-order valence-corrected chi connectivity index (χ1v) is 30.1. The van der Waals surface area contributed by atoms with Crippen LogP contribution in [0.1, 0.15) is 43.2 Å². The van der Waals surface area contributed by atoms with Crippen molar-refractivity contribution < 1.29 is 79.8 Å². The van der Waals surface area contributed by atoms with Gasteiger partial charge in [0.15, 0.2) is 0 Å². The van der Waals surface area contributed by atoms with Crippen LogP contribution in [0.3, 0.4) is 0 Å². The first-order valence-electron chi connectivity index (χ1n) is 19.4. The molecule has 0 bridgehead atoms. The average molecular weight is 1220 g/mol. The van der Waals surface area contributed by atoms with Gasteiger partial charge < -0.3 is 42.1 Å². The maximum Gasteiger partial charge on any atom is 2.00 e. The van der Waals surface area contributed by atoms with Crippen LogP contribution < -0.4 is 21.7 Å². The minimum Gasteiger partial charge on any atom is -0.545 e. The largest absolute Gasteiger partial charge is 2.00 e. The third kappa shape index (κ3) is 22.5. The molecule has 0 radical (unpaired) electrons. The average Bonchev–Trinajstić information content (AvgIpc) is 3.72. The molecule has 2 aliphatic carbocycles. The zero-order valence-electron chi connectivity index (χ0n) is 40.8. The number of rotatable bonds is 4. The van der Waals surface area contributed by atoms with E-state index in [-0.39, 0.29) is 60.3 Å². The molecular weight excluding hydrogens is 1170 g/mol. The molecular formula is C44H48N10O9S7Zn2. The Morgan fingerprint density at radius 2 is 0.708 bits per heavy atom. The molecule has 4 N–H and O–H groups in total. The molecule has 0 atom stereocenters. The third-order valence-corrected chi connectivity index (χ3v) is 7.78. The summed E-state index contributed by atoms with van der Waals surface area (Å²) in [6.07, 6.45) is 16.4. The second-order valence-corrected chi connectivity index (χ2v) is 22.6. The number of nitrogens with zero attached hydrogens (tertiary/aromatic N) is 8. The molecule has 374 valence electrons. The van der Waals surface area contributed by atoms with Crippen LogP contribution in [0.25, 0.3) is 55.4 Å². The normalized spacial score (nSPS) is 11.8. The summed E-state index contributed by atoms with van der Waals surface area (Å²) in [5.41, 5.74) is 27.0. The molecule has 6 aromatic rings. The van der Waals surface area contributed by atoms with E-state index in [4.69, 9.17) is 35.9 Å². The van der Waals surface area contributed by atoms with E-state index in [0.29, 0.717) is 56.3 Å². The smallest absolute Gasteiger partial charge is 0.545 e. The Bertz CT molecular complexity index is 2850. The van der Waals surface area contributed by atoms with Gasteiger partial charge in [-0.15, -0.1) is 0 Å². The molecule has 4 aromatic carbocycles. The summed E-state index contributed by atoms with van der Waals surface area (Å²) in [6.45, 7) is 0. The van der Waals surface area contributed by atoms with Crippen LogP contribution in [-0.2, 0) is 93.0 Å². The van der Waals surface area contributed by atoms with Crippen molar-refractivity contribution in [2.24, 2.45) is 21.7 Å². The summed E-state index contributed by atoms with van der Waals surface area (Å²) in [5.74, 6) is -2.55. The molecule has 28 heteroatoms. The van der Waals surface area contributed by atoms with Crippen molar-refractivity contribution in [3.05, 3.63) is 129 Å². The molecule has 0 aliphatic heterocycles. The number of hydrogen-bond acceptors (Lipinski definition) is 17. The van der Waals surface area contributed by atoms with E-state index in [9.17, 15) is 40.8 Å². The maximum atomic E-state index is 11.1. The number of carbonyl (C=O) groups excluding carboxylic acids is 2. The topological polar surface area (TPSA) is 322 Å². The Balaban J connectivity index is 0.00000100. The molecule has 0 fully saturated rings. The Morgan fingerprint density at radius 1 is 0.458 bits per heavy atom. The molecule has 72 heavy (non-hydrogen) atoms. The zero-order chi connectivity index (χ0) is 53.0. The van der Waals surface area contributed by atoms with Gasteiger partial charge in [0.05, 0.1) is 56.8 Å². The second kappa shape index (κ2) is 33.1. The number of hydrogen-bond donors (Lipinski definition) is 2. The van der Waals surface area contributed by atoms with Crippen molar-refractivity contribution in [1.29, 1.82) is 0 Å². The quantitative estimate of drug-likeness (QED) is 0.145. The molecule has 0 saturated carbocycles. The molecule has 0 amide bonds. The van der Waals surface area contributed by atoms with Gasteiger partial charge in [-0.3, -0.25) is 31.2 Å². The first kappa shape index (κ1) is 67.2. The van der Waals surface area contributed by atoms with Crippen molar-refractivity contribution in [3.63, 3.8) is 0 Å². The number of carboxylic acid groups (broad SMARTS) is 2. The fourth-order valence-corrected chi connectivity index (χ4v) is 5.60. The number of carbonyl (C=O) groups is 2. The van der Waals surface area contributed by atoms with Gasteiger partial charge in [0.25, 0.3) is 0 Å². The minimum absolute atomic E-state index is 0. The molecule has 2 aliphatic rings. The Kier molecular flexibility index (Phi) is 30.9. The second-order valence-electron chi connectivity index (χ2n) is 14.4. The first-order chi connectivity index (χ1) is 32.7. The Morgan fingerprint density at radius 3 is 0.958 bits per heavy atom.